The summed E-state index contributed by atoms with van der Waals surface area (Å²) in [4.78, 5) is 10.3. The number of benzene rings is 1. The lowest BCUT2D eigenvalue weighted by Crippen LogP contribution is -2.25. The van der Waals surface area contributed by atoms with Crippen molar-refractivity contribution in [2.75, 3.05) is 11.4 Å². The van der Waals surface area contributed by atoms with Crippen molar-refractivity contribution in [2.24, 2.45) is 0 Å². The molecule has 0 radical (unpaired) electrons. The number of aliphatic hydroxyl groups is 1. The first-order chi connectivity index (χ1) is 9.24. The van der Waals surface area contributed by atoms with E-state index in [1.54, 1.807) is 24.7 Å². The number of aliphatic hydroxyl groups excluding tert-OH is 1. The lowest BCUT2D eigenvalue weighted by molar-refractivity contribution is 0.194. The van der Waals surface area contributed by atoms with Gasteiger partial charge in [0, 0.05) is 18.9 Å². The van der Waals surface area contributed by atoms with E-state index in [-0.39, 0.29) is 11.9 Å². The van der Waals surface area contributed by atoms with Crippen molar-refractivity contribution in [1.29, 1.82) is 0 Å². The Morgan fingerprint density at radius 2 is 2.21 bits per heavy atom. The summed E-state index contributed by atoms with van der Waals surface area (Å²) in [5.74, 6) is 0.436. The second kappa shape index (κ2) is 4.93. The molecular formula is C14H14FN3O. The second-order valence-electron chi connectivity index (χ2n) is 4.68. The summed E-state index contributed by atoms with van der Waals surface area (Å²) in [5.41, 5.74) is 0.849. The minimum atomic E-state index is -0.435. The molecule has 0 spiro atoms. The molecule has 4 nitrogen and oxygen atoms in total. The average Bonchev–Trinajstić information content (AvgIpc) is 2.82. The Morgan fingerprint density at radius 1 is 1.32 bits per heavy atom. The van der Waals surface area contributed by atoms with Gasteiger partial charge < -0.3 is 10.0 Å². The predicted molar refractivity (Wildman–Crippen MR) is 69.1 cm³/mol. The van der Waals surface area contributed by atoms with Crippen LogP contribution < -0.4 is 4.90 Å². The second-order valence-corrected chi connectivity index (χ2v) is 4.68. The molecule has 1 aromatic carbocycles. The van der Waals surface area contributed by atoms with E-state index in [1.165, 1.54) is 12.1 Å². The Morgan fingerprint density at radius 3 is 2.95 bits per heavy atom. The van der Waals surface area contributed by atoms with Crippen LogP contribution in [0.15, 0.2) is 42.9 Å². The van der Waals surface area contributed by atoms with E-state index in [9.17, 15) is 9.50 Å². The highest BCUT2D eigenvalue weighted by Gasteiger charge is 2.33. The van der Waals surface area contributed by atoms with Crippen molar-refractivity contribution >= 4 is 5.82 Å². The van der Waals surface area contributed by atoms with E-state index >= 15 is 0 Å². The molecule has 19 heavy (non-hydrogen) atoms. The summed E-state index contributed by atoms with van der Waals surface area (Å²) in [6.07, 6.45) is 5.01. The van der Waals surface area contributed by atoms with E-state index in [0.717, 1.165) is 5.56 Å². The summed E-state index contributed by atoms with van der Waals surface area (Å²) in [6, 6.07) is 6.41. The molecule has 0 saturated carbocycles. The first kappa shape index (κ1) is 12.0. The van der Waals surface area contributed by atoms with E-state index in [1.807, 2.05) is 11.0 Å². The SMILES string of the molecule is O[C@H]1C[C@H](c2cccc(F)c2)N(c2cnccn2)C1. The van der Waals surface area contributed by atoms with Gasteiger partial charge in [0.15, 0.2) is 0 Å². The van der Waals surface area contributed by atoms with Crippen molar-refractivity contribution in [3.05, 3.63) is 54.2 Å². The molecule has 3 rings (SSSR count). The van der Waals surface area contributed by atoms with Gasteiger partial charge in [-0.2, -0.15) is 0 Å². The maximum absolute atomic E-state index is 13.3. The van der Waals surface area contributed by atoms with Crippen LogP contribution in [0.5, 0.6) is 0 Å². The third-order valence-corrected chi connectivity index (χ3v) is 3.36. The van der Waals surface area contributed by atoms with Crippen LogP contribution in [-0.2, 0) is 0 Å². The molecule has 98 valence electrons. The number of halogens is 1. The molecule has 2 aromatic rings. The number of anilines is 1. The fraction of sp³-hybridized carbons (Fsp3) is 0.286. The van der Waals surface area contributed by atoms with Crippen LogP contribution in [0, 0.1) is 5.82 Å². The van der Waals surface area contributed by atoms with Crippen LogP contribution in [0.4, 0.5) is 10.2 Å². The molecule has 0 bridgehead atoms. The number of aromatic nitrogens is 2. The monoisotopic (exact) mass is 259 g/mol. The van der Waals surface area contributed by atoms with Crippen molar-refractivity contribution in [3.63, 3.8) is 0 Å². The Kier molecular flexibility index (Phi) is 3.13. The van der Waals surface area contributed by atoms with Gasteiger partial charge in [-0.15, -0.1) is 0 Å². The topological polar surface area (TPSA) is 49.2 Å². The molecule has 1 N–H and O–H groups in total. The Labute approximate surface area is 110 Å². The zero-order valence-corrected chi connectivity index (χ0v) is 10.3. The van der Waals surface area contributed by atoms with Gasteiger partial charge in [-0.1, -0.05) is 12.1 Å². The fourth-order valence-electron chi connectivity index (χ4n) is 2.54. The number of hydrogen-bond donors (Lipinski definition) is 1. The van der Waals surface area contributed by atoms with Crippen LogP contribution >= 0.6 is 0 Å². The maximum atomic E-state index is 13.3. The van der Waals surface area contributed by atoms with Gasteiger partial charge in [-0.25, -0.2) is 9.37 Å². The van der Waals surface area contributed by atoms with E-state index in [2.05, 4.69) is 9.97 Å². The summed E-state index contributed by atoms with van der Waals surface area (Å²) < 4.78 is 13.3. The molecule has 1 fully saturated rings. The zero-order chi connectivity index (χ0) is 13.2. The average molecular weight is 259 g/mol. The lowest BCUT2D eigenvalue weighted by atomic mass is 10.0. The maximum Gasteiger partial charge on any atom is 0.147 e. The molecular weight excluding hydrogens is 245 g/mol. The standard InChI is InChI=1S/C14H14FN3O/c15-11-3-1-2-10(6-11)13-7-12(19)9-18(13)14-8-16-4-5-17-14/h1-6,8,12-13,19H,7,9H2/t12-,13+/m0/s1. The minimum absolute atomic E-state index is 0.0672. The van der Waals surface area contributed by atoms with Gasteiger partial charge in [-0.3, -0.25) is 4.98 Å². The van der Waals surface area contributed by atoms with Crippen LogP contribution in [0.25, 0.3) is 0 Å². The molecule has 0 amide bonds. The third-order valence-electron chi connectivity index (χ3n) is 3.36. The number of nitrogens with zero attached hydrogens (tertiary/aromatic N) is 3. The Hall–Kier alpha value is -2.01. The van der Waals surface area contributed by atoms with Gasteiger partial charge in [0.25, 0.3) is 0 Å². The number of β-amino-alcohol motifs (C(OH)–C–C–N with tert-alkyl or cyclic N) is 1. The molecule has 1 aliphatic heterocycles. The molecule has 0 unspecified atom stereocenters. The van der Waals surface area contributed by atoms with Gasteiger partial charge in [0.05, 0.1) is 18.3 Å². The molecule has 0 aliphatic carbocycles. The fourth-order valence-corrected chi connectivity index (χ4v) is 2.54. The summed E-state index contributed by atoms with van der Waals surface area (Å²) in [5, 5.41) is 9.88. The van der Waals surface area contributed by atoms with E-state index < -0.39 is 6.10 Å². The Bertz CT molecular complexity index is 564. The van der Waals surface area contributed by atoms with Gasteiger partial charge in [0.1, 0.15) is 11.6 Å². The van der Waals surface area contributed by atoms with Gasteiger partial charge in [0.2, 0.25) is 0 Å². The normalized spacial score (nSPS) is 22.7. The summed E-state index contributed by atoms with van der Waals surface area (Å²) in [6.45, 7) is 0.486. The van der Waals surface area contributed by atoms with Crippen LogP contribution in [0.3, 0.4) is 0 Å². The molecule has 5 heteroatoms. The highest BCUT2D eigenvalue weighted by atomic mass is 19.1. The van der Waals surface area contributed by atoms with Gasteiger partial charge in [-0.05, 0) is 24.1 Å². The number of rotatable bonds is 2. The van der Waals surface area contributed by atoms with Crippen molar-refractivity contribution in [2.45, 2.75) is 18.6 Å². The highest BCUT2D eigenvalue weighted by Crippen LogP contribution is 2.35. The lowest BCUT2D eigenvalue weighted by Gasteiger charge is -2.25. The quantitative estimate of drug-likeness (QED) is 0.895. The molecule has 1 aromatic heterocycles. The highest BCUT2D eigenvalue weighted by molar-refractivity contribution is 5.42. The summed E-state index contributed by atoms with van der Waals surface area (Å²) >= 11 is 0. The van der Waals surface area contributed by atoms with Gasteiger partial charge >= 0.3 is 0 Å². The molecule has 1 aliphatic rings. The molecule has 1 saturated heterocycles. The molecule has 2 atom stereocenters. The predicted octanol–water partition coefficient (Wildman–Crippen LogP) is 1.93. The molecule has 2 heterocycles. The number of hydrogen-bond acceptors (Lipinski definition) is 4. The zero-order valence-electron chi connectivity index (χ0n) is 10.3. The van der Waals surface area contributed by atoms with E-state index in [0.29, 0.717) is 18.8 Å². The van der Waals surface area contributed by atoms with Crippen LogP contribution in [0.2, 0.25) is 0 Å². The van der Waals surface area contributed by atoms with Crippen LogP contribution in [0.1, 0.15) is 18.0 Å². The van der Waals surface area contributed by atoms with E-state index in [4.69, 9.17) is 0 Å². The van der Waals surface area contributed by atoms with Crippen molar-refractivity contribution < 1.29 is 9.50 Å². The van der Waals surface area contributed by atoms with Crippen LogP contribution in [-0.4, -0.2) is 27.7 Å². The minimum Gasteiger partial charge on any atom is -0.391 e. The smallest absolute Gasteiger partial charge is 0.147 e. The van der Waals surface area contributed by atoms with Crippen molar-refractivity contribution in [1.82, 2.24) is 9.97 Å². The third kappa shape index (κ3) is 2.42. The van der Waals surface area contributed by atoms with Crippen molar-refractivity contribution in [3.8, 4) is 0 Å². The first-order valence-electron chi connectivity index (χ1n) is 6.20. The summed E-state index contributed by atoms with van der Waals surface area (Å²) in [7, 11) is 0. The Balaban J connectivity index is 1.95. The largest absolute Gasteiger partial charge is 0.391 e. The first-order valence-corrected chi connectivity index (χ1v) is 6.20.